The van der Waals surface area contributed by atoms with Crippen LogP contribution in [0.4, 0.5) is 10.5 Å². The number of nitrogens with one attached hydrogen (secondary N) is 1. The number of aryl methyl sites for hydroxylation is 1. The first-order valence-corrected chi connectivity index (χ1v) is 9.83. The molecule has 0 saturated carbocycles. The minimum atomic E-state index is -0.537. The Balaban J connectivity index is 1.60. The predicted octanol–water partition coefficient (Wildman–Crippen LogP) is 4.48. The third-order valence-electron chi connectivity index (χ3n) is 5.41. The van der Waals surface area contributed by atoms with E-state index in [1.807, 2.05) is 6.07 Å². The van der Waals surface area contributed by atoms with Gasteiger partial charge in [0.15, 0.2) is 0 Å². The lowest BCUT2D eigenvalue weighted by Crippen LogP contribution is -2.23. The van der Waals surface area contributed by atoms with E-state index < -0.39 is 11.7 Å². The van der Waals surface area contributed by atoms with Gasteiger partial charge in [0.05, 0.1) is 6.61 Å². The van der Waals surface area contributed by atoms with Crippen molar-refractivity contribution in [3.63, 3.8) is 0 Å². The fourth-order valence-electron chi connectivity index (χ4n) is 4.09. The number of hydrogen-bond donors (Lipinski definition) is 1. The average Bonchev–Trinajstić information content (AvgIpc) is 3.12. The third kappa shape index (κ3) is 4.03. The van der Waals surface area contributed by atoms with Crippen LogP contribution < -0.4 is 10.9 Å². The maximum absolute atomic E-state index is 12.1. The fourth-order valence-corrected chi connectivity index (χ4v) is 4.09. The molecular formula is C23H24N2O4. The van der Waals surface area contributed by atoms with Crippen LogP contribution in [0.25, 0.3) is 11.0 Å². The van der Waals surface area contributed by atoms with Gasteiger partial charge in [0.2, 0.25) is 0 Å². The lowest BCUT2D eigenvalue weighted by molar-refractivity contribution is 0.168. The first kappa shape index (κ1) is 19.2. The van der Waals surface area contributed by atoms with Crippen molar-refractivity contribution in [1.29, 1.82) is 0 Å². The molecule has 29 heavy (non-hydrogen) atoms. The second-order valence-corrected chi connectivity index (χ2v) is 7.32. The van der Waals surface area contributed by atoms with Gasteiger partial charge in [-0.15, -0.1) is 0 Å². The van der Waals surface area contributed by atoms with Crippen LogP contribution in [0.1, 0.15) is 36.1 Å². The smallest absolute Gasteiger partial charge is 0.411 e. The largest absolute Gasteiger partial charge is 0.450 e. The summed E-state index contributed by atoms with van der Waals surface area (Å²) in [5.74, 6) is 0. The summed E-state index contributed by atoms with van der Waals surface area (Å²) in [7, 11) is 2.09. The number of fused-ring (bicyclic) bond motifs is 2. The molecule has 3 aromatic rings. The van der Waals surface area contributed by atoms with Crippen molar-refractivity contribution in [1.82, 2.24) is 4.90 Å². The summed E-state index contributed by atoms with van der Waals surface area (Å²) in [6.45, 7) is 2.66. The Morgan fingerprint density at radius 1 is 1.24 bits per heavy atom. The Morgan fingerprint density at radius 3 is 2.90 bits per heavy atom. The van der Waals surface area contributed by atoms with Gasteiger partial charge in [-0.05, 0) is 55.6 Å². The highest BCUT2D eigenvalue weighted by molar-refractivity contribution is 5.89. The Morgan fingerprint density at radius 2 is 2.07 bits per heavy atom. The molecule has 0 saturated heterocycles. The van der Waals surface area contributed by atoms with Gasteiger partial charge in [-0.1, -0.05) is 24.3 Å². The van der Waals surface area contributed by atoms with E-state index in [0.29, 0.717) is 23.9 Å². The van der Waals surface area contributed by atoms with Crippen molar-refractivity contribution in [2.24, 2.45) is 0 Å². The van der Waals surface area contributed by atoms with Gasteiger partial charge in [0.25, 0.3) is 0 Å². The molecule has 1 atom stereocenters. The first-order valence-electron chi connectivity index (χ1n) is 9.83. The molecule has 1 aliphatic carbocycles. The molecule has 0 aliphatic heterocycles. The van der Waals surface area contributed by atoms with Crippen molar-refractivity contribution in [3.8, 4) is 0 Å². The Bertz CT molecular complexity index is 1110. The van der Waals surface area contributed by atoms with Crippen molar-refractivity contribution in [3.05, 3.63) is 75.6 Å². The number of carbonyl (C=O) groups is 1. The van der Waals surface area contributed by atoms with E-state index in [9.17, 15) is 9.59 Å². The van der Waals surface area contributed by atoms with Crippen molar-refractivity contribution in [2.75, 3.05) is 19.0 Å². The number of anilines is 1. The summed E-state index contributed by atoms with van der Waals surface area (Å²) in [5.41, 5.74) is 4.24. The number of rotatable bonds is 5. The van der Waals surface area contributed by atoms with Crippen molar-refractivity contribution < 1.29 is 13.9 Å². The molecule has 1 aliphatic rings. The highest BCUT2D eigenvalue weighted by atomic mass is 16.5. The minimum absolute atomic E-state index is 0.287. The summed E-state index contributed by atoms with van der Waals surface area (Å²) in [5, 5.41) is 3.50. The molecular weight excluding hydrogens is 368 g/mol. The number of nitrogens with zero attached hydrogens (tertiary/aromatic N) is 1. The summed E-state index contributed by atoms with van der Waals surface area (Å²) >= 11 is 0. The molecule has 1 amide bonds. The highest BCUT2D eigenvalue weighted by Crippen LogP contribution is 2.36. The topological polar surface area (TPSA) is 71.8 Å². The Labute approximate surface area is 169 Å². The van der Waals surface area contributed by atoms with Crippen LogP contribution >= 0.6 is 0 Å². The van der Waals surface area contributed by atoms with Crippen LogP contribution in [-0.4, -0.2) is 24.6 Å². The zero-order valence-corrected chi connectivity index (χ0v) is 16.6. The monoisotopic (exact) mass is 392 g/mol. The number of amides is 1. The van der Waals surface area contributed by atoms with Gasteiger partial charge in [-0.25, -0.2) is 9.59 Å². The molecule has 6 nitrogen and oxygen atoms in total. The van der Waals surface area contributed by atoms with Crippen LogP contribution in [0.3, 0.4) is 0 Å². The second-order valence-electron chi connectivity index (χ2n) is 7.32. The lowest BCUT2D eigenvalue weighted by Gasteiger charge is -2.25. The van der Waals surface area contributed by atoms with Gasteiger partial charge < -0.3 is 9.15 Å². The van der Waals surface area contributed by atoms with Gasteiger partial charge >= 0.3 is 11.7 Å². The molecule has 150 valence electrons. The lowest BCUT2D eigenvalue weighted by atomic mass is 10.1. The quantitative estimate of drug-likeness (QED) is 0.648. The van der Waals surface area contributed by atoms with Crippen LogP contribution in [-0.2, 0) is 17.7 Å². The second kappa shape index (κ2) is 8.09. The summed E-state index contributed by atoms with van der Waals surface area (Å²) in [4.78, 5) is 26.1. The molecule has 1 heterocycles. The summed E-state index contributed by atoms with van der Waals surface area (Å²) in [6, 6.07) is 15.7. The maximum atomic E-state index is 12.1. The van der Waals surface area contributed by atoms with Gasteiger partial charge in [0.1, 0.15) is 5.58 Å². The molecule has 0 bridgehead atoms. The number of ether oxygens (including phenoxy) is 1. The van der Waals surface area contributed by atoms with Gasteiger partial charge in [-0.2, -0.15) is 0 Å². The van der Waals surface area contributed by atoms with E-state index in [1.54, 1.807) is 25.1 Å². The molecule has 2 aromatic carbocycles. The van der Waals surface area contributed by atoms with Crippen molar-refractivity contribution >= 4 is 22.7 Å². The summed E-state index contributed by atoms with van der Waals surface area (Å²) in [6.07, 6.45) is 1.61. The normalized spacial score (nSPS) is 15.5. The zero-order chi connectivity index (χ0) is 20.4. The Hall–Kier alpha value is -3.12. The average molecular weight is 392 g/mol. The number of carbonyl (C=O) groups excluding carboxylic acids is 1. The fraction of sp³-hybridized carbons (Fsp3) is 0.304. The van der Waals surface area contributed by atoms with Crippen LogP contribution in [0.15, 0.2) is 57.7 Å². The van der Waals surface area contributed by atoms with E-state index in [1.165, 1.54) is 11.1 Å². The van der Waals surface area contributed by atoms with E-state index in [-0.39, 0.29) is 6.61 Å². The maximum Gasteiger partial charge on any atom is 0.411 e. The number of hydrogen-bond acceptors (Lipinski definition) is 5. The van der Waals surface area contributed by atoms with E-state index >= 15 is 0 Å². The molecule has 0 radical (unpaired) electrons. The molecule has 6 heteroatoms. The molecule has 0 fully saturated rings. The Kier molecular flexibility index (Phi) is 5.36. The first-order chi connectivity index (χ1) is 14.0. The third-order valence-corrected chi connectivity index (χ3v) is 5.41. The van der Waals surface area contributed by atoms with Gasteiger partial charge in [-0.3, -0.25) is 10.2 Å². The standard InChI is InChI=1S/C23H24N2O4/c1-3-28-23(27)24-17-9-10-19-16(12-22(26)29-21(19)13-17)14-25(2)20-11-8-15-6-4-5-7-18(15)20/h4-7,9-10,12-13,20H,3,8,11,14H2,1-2H3,(H,24,27). The molecule has 1 N–H and O–H groups in total. The van der Waals surface area contributed by atoms with Crippen LogP contribution in [0, 0.1) is 0 Å². The molecule has 1 unspecified atom stereocenters. The SMILES string of the molecule is CCOC(=O)Nc1ccc2c(CN(C)C3CCc4ccccc43)cc(=O)oc2c1. The highest BCUT2D eigenvalue weighted by Gasteiger charge is 2.26. The minimum Gasteiger partial charge on any atom is -0.450 e. The van der Waals surface area contributed by atoms with Crippen molar-refractivity contribution in [2.45, 2.75) is 32.4 Å². The van der Waals surface area contributed by atoms with E-state index in [2.05, 4.69) is 41.5 Å². The molecule has 0 spiro atoms. The van der Waals surface area contributed by atoms with E-state index in [0.717, 1.165) is 23.8 Å². The van der Waals surface area contributed by atoms with Crippen LogP contribution in [0.2, 0.25) is 0 Å². The van der Waals surface area contributed by atoms with E-state index in [4.69, 9.17) is 9.15 Å². The summed E-state index contributed by atoms with van der Waals surface area (Å²) < 4.78 is 10.3. The van der Waals surface area contributed by atoms with Crippen LogP contribution in [0.5, 0.6) is 0 Å². The molecule has 4 rings (SSSR count). The van der Waals surface area contributed by atoms with Gasteiger partial charge in [0, 0.05) is 35.8 Å². The predicted molar refractivity (Wildman–Crippen MR) is 112 cm³/mol. The zero-order valence-electron chi connectivity index (χ0n) is 16.6. The number of benzene rings is 2. The molecule has 1 aromatic heterocycles.